The molecule has 0 atom stereocenters. The molecule has 1 N–H and O–H groups in total. The van der Waals surface area contributed by atoms with Crippen molar-refractivity contribution >= 4 is 35.3 Å². The Hall–Kier alpha value is -2.30. The van der Waals surface area contributed by atoms with Crippen molar-refractivity contribution in [2.75, 3.05) is 6.61 Å². The van der Waals surface area contributed by atoms with Crippen molar-refractivity contribution in [1.29, 1.82) is 0 Å². The van der Waals surface area contributed by atoms with E-state index >= 15 is 0 Å². The van der Waals surface area contributed by atoms with Crippen molar-refractivity contribution in [3.63, 3.8) is 0 Å². The highest BCUT2D eigenvalue weighted by Crippen LogP contribution is 2.22. The summed E-state index contributed by atoms with van der Waals surface area (Å²) < 4.78 is 5.52. The lowest BCUT2D eigenvalue weighted by atomic mass is 10.1. The van der Waals surface area contributed by atoms with Gasteiger partial charge >= 0.3 is 0 Å². The summed E-state index contributed by atoms with van der Waals surface area (Å²) in [6.07, 6.45) is 3.84. The molecule has 0 radical (unpaired) electrons. The summed E-state index contributed by atoms with van der Waals surface area (Å²) in [6.45, 7) is 3.55. The zero-order valence-corrected chi connectivity index (χ0v) is 14.3. The molecule has 0 fully saturated rings. The first-order chi connectivity index (χ1) is 11.6. The van der Waals surface area contributed by atoms with Gasteiger partial charge in [0, 0.05) is 5.56 Å². The van der Waals surface area contributed by atoms with Gasteiger partial charge in [-0.2, -0.15) is 5.10 Å². The standard InChI is InChI=1S/C18H16Cl2N2O2/c1-2-6-13-7-3-4-10-17(13)24-12-18(23)22-21-11-14-15(19)8-5-9-16(14)20/h2-5,7-11H,1,6,12H2,(H,22,23). The second-order valence-corrected chi connectivity index (χ2v) is 5.63. The van der Waals surface area contributed by atoms with Crippen LogP contribution in [0.25, 0.3) is 0 Å². The van der Waals surface area contributed by atoms with Crippen molar-refractivity contribution < 1.29 is 9.53 Å². The molecule has 0 aliphatic rings. The minimum atomic E-state index is -0.386. The van der Waals surface area contributed by atoms with Crippen LogP contribution in [-0.2, 0) is 11.2 Å². The average molecular weight is 363 g/mol. The maximum atomic E-state index is 11.8. The van der Waals surface area contributed by atoms with Crippen LogP contribution in [-0.4, -0.2) is 18.7 Å². The molecule has 0 heterocycles. The van der Waals surface area contributed by atoms with Crippen LogP contribution in [0.1, 0.15) is 11.1 Å². The van der Waals surface area contributed by atoms with Gasteiger partial charge in [-0.1, -0.05) is 53.5 Å². The van der Waals surface area contributed by atoms with Gasteiger partial charge in [-0.3, -0.25) is 4.79 Å². The van der Waals surface area contributed by atoms with Crippen LogP contribution in [0, 0.1) is 0 Å². The molecule has 0 aliphatic carbocycles. The number of rotatable bonds is 7. The molecule has 2 aromatic carbocycles. The topological polar surface area (TPSA) is 50.7 Å². The van der Waals surface area contributed by atoms with E-state index in [1.54, 1.807) is 30.3 Å². The lowest BCUT2D eigenvalue weighted by molar-refractivity contribution is -0.123. The number of nitrogens with one attached hydrogen (secondary N) is 1. The van der Waals surface area contributed by atoms with Crippen molar-refractivity contribution in [1.82, 2.24) is 5.43 Å². The van der Waals surface area contributed by atoms with Gasteiger partial charge in [0.15, 0.2) is 6.61 Å². The van der Waals surface area contributed by atoms with Gasteiger partial charge in [0.05, 0.1) is 16.3 Å². The van der Waals surface area contributed by atoms with Crippen LogP contribution in [0.5, 0.6) is 5.75 Å². The second kappa shape index (κ2) is 9.11. The Morgan fingerprint density at radius 1 is 1.17 bits per heavy atom. The molecule has 0 unspecified atom stereocenters. The van der Waals surface area contributed by atoms with Crippen LogP contribution >= 0.6 is 23.2 Å². The summed E-state index contributed by atoms with van der Waals surface area (Å²) >= 11 is 12.0. The molecule has 2 rings (SSSR count). The van der Waals surface area contributed by atoms with Gasteiger partial charge in [-0.25, -0.2) is 5.43 Å². The van der Waals surface area contributed by atoms with Gasteiger partial charge in [-0.15, -0.1) is 6.58 Å². The average Bonchev–Trinajstić information content (AvgIpc) is 2.57. The molecular weight excluding hydrogens is 347 g/mol. The number of hydrogen-bond acceptors (Lipinski definition) is 3. The number of halogens is 2. The van der Waals surface area contributed by atoms with Crippen molar-refractivity contribution in [2.24, 2.45) is 5.10 Å². The quantitative estimate of drug-likeness (QED) is 0.454. The van der Waals surface area contributed by atoms with Gasteiger partial charge < -0.3 is 4.74 Å². The number of allylic oxidation sites excluding steroid dienone is 1. The van der Waals surface area contributed by atoms with Gasteiger partial charge in [-0.05, 0) is 30.2 Å². The van der Waals surface area contributed by atoms with E-state index < -0.39 is 0 Å². The molecule has 124 valence electrons. The summed E-state index contributed by atoms with van der Waals surface area (Å²) in [6, 6.07) is 12.6. The number of carbonyl (C=O) groups excluding carboxylic acids is 1. The monoisotopic (exact) mass is 362 g/mol. The van der Waals surface area contributed by atoms with E-state index in [0.29, 0.717) is 27.8 Å². The minimum absolute atomic E-state index is 0.151. The van der Waals surface area contributed by atoms with Crippen molar-refractivity contribution in [2.45, 2.75) is 6.42 Å². The predicted octanol–water partition coefficient (Wildman–Crippen LogP) is 4.25. The molecule has 2 aromatic rings. The molecule has 0 aliphatic heterocycles. The third-order valence-electron chi connectivity index (χ3n) is 3.08. The Kier molecular flexibility index (Phi) is 6.85. The highest BCUT2D eigenvalue weighted by Gasteiger charge is 2.06. The maximum Gasteiger partial charge on any atom is 0.277 e. The summed E-state index contributed by atoms with van der Waals surface area (Å²) in [7, 11) is 0. The van der Waals surface area contributed by atoms with Crippen LogP contribution < -0.4 is 10.2 Å². The van der Waals surface area contributed by atoms with E-state index in [-0.39, 0.29) is 12.5 Å². The van der Waals surface area contributed by atoms with E-state index in [1.165, 1.54) is 6.21 Å². The Labute approximate surface area is 150 Å². The number of hydrazone groups is 1. The fourth-order valence-corrected chi connectivity index (χ4v) is 2.44. The van der Waals surface area contributed by atoms with Crippen molar-refractivity contribution in [3.8, 4) is 5.75 Å². The molecular formula is C18H16Cl2N2O2. The SMILES string of the molecule is C=CCc1ccccc1OCC(=O)NN=Cc1c(Cl)cccc1Cl. The van der Waals surface area contributed by atoms with E-state index in [1.807, 2.05) is 18.2 Å². The highest BCUT2D eigenvalue weighted by molar-refractivity contribution is 6.38. The van der Waals surface area contributed by atoms with Gasteiger partial charge in [0.2, 0.25) is 0 Å². The third-order valence-corrected chi connectivity index (χ3v) is 3.74. The van der Waals surface area contributed by atoms with E-state index in [0.717, 1.165) is 5.56 Å². The zero-order chi connectivity index (χ0) is 17.4. The minimum Gasteiger partial charge on any atom is -0.483 e. The molecule has 0 bridgehead atoms. The Balaban J connectivity index is 1.90. The fraction of sp³-hybridized carbons (Fsp3) is 0.111. The molecule has 0 saturated carbocycles. The summed E-state index contributed by atoms with van der Waals surface area (Å²) in [4.78, 5) is 11.8. The number of amides is 1. The zero-order valence-electron chi connectivity index (χ0n) is 12.8. The van der Waals surface area contributed by atoms with E-state index in [2.05, 4.69) is 17.1 Å². The molecule has 4 nitrogen and oxygen atoms in total. The van der Waals surface area contributed by atoms with E-state index in [9.17, 15) is 4.79 Å². The van der Waals surface area contributed by atoms with Crippen LogP contribution in [0.2, 0.25) is 10.0 Å². The Morgan fingerprint density at radius 3 is 2.58 bits per heavy atom. The Morgan fingerprint density at radius 2 is 1.88 bits per heavy atom. The second-order valence-electron chi connectivity index (χ2n) is 4.82. The Bertz CT molecular complexity index is 740. The smallest absolute Gasteiger partial charge is 0.277 e. The van der Waals surface area contributed by atoms with Crippen molar-refractivity contribution in [3.05, 3.63) is 76.3 Å². The highest BCUT2D eigenvalue weighted by atomic mass is 35.5. The lowest BCUT2D eigenvalue weighted by Crippen LogP contribution is -2.24. The summed E-state index contributed by atoms with van der Waals surface area (Å²) in [5.41, 5.74) is 3.88. The first kappa shape index (κ1) is 18.0. The summed E-state index contributed by atoms with van der Waals surface area (Å²) in [5.74, 6) is 0.258. The van der Waals surface area contributed by atoms with Crippen LogP contribution in [0.3, 0.4) is 0 Å². The normalized spacial score (nSPS) is 10.6. The molecule has 0 saturated heterocycles. The van der Waals surface area contributed by atoms with E-state index in [4.69, 9.17) is 27.9 Å². The molecule has 0 spiro atoms. The number of ether oxygens (including phenoxy) is 1. The van der Waals surface area contributed by atoms with Gasteiger partial charge in [0.25, 0.3) is 5.91 Å². The molecule has 6 heteroatoms. The fourth-order valence-electron chi connectivity index (χ4n) is 1.95. The molecule has 24 heavy (non-hydrogen) atoms. The molecule has 1 amide bonds. The number of hydrogen-bond donors (Lipinski definition) is 1. The summed E-state index contributed by atoms with van der Waals surface area (Å²) in [5, 5.41) is 4.75. The number of carbonyl (C=O) groups is 1. The van der Waals surface area contributed by atoms with Crippen LogP contribution in [0.4, 0.5) is 0 Å². The largest absolute Gasteiger partial charge is 0.483 e. The lowest BCUT2D eigenvalue weighted by Gasteiger charge is -2.09. The number of nitrogens with zero attached hydrogens (tertiary/aromatic N) is 1. The number of para-hydroxylation sites is 1. The maximum absolute atomic E-state index is 11.8. The first-order valence-electron chi connectivity index (χ1n) is 7.19. The number of benzene rings is 2. The third kappa shape index (κ3) is 5.11. The first-order valence-corrected chi connectivity index (χ1v) is 7.95. The molecule has 0 aromatic heterocycles. The van der Waals surface area contributed by atoms with Gasteiger partial charge in [0.1, 0.15) is 5.75 Å². The van der Waals surface area contributed by atoms with Crippen LogP contribution in [0.15, 0.2) is 60.2 Å². The predicted molar refractivity (Wildman–Crippen MR) is 98.0 cm³/mol.